The van der Waals surface area contributed by atoms with Gasteiger partial charge in [-0.05, 0) is 31.5 Å². The lowest BCUT2D eigenvalue weighted by molar-refractivity contribution is 0.192. The summed E-state index contributed by atoms with van der Waals surface area (Å²) in [6.45, 7) is 6.31. The van der Waals surface area contributed by atoms with Crippen molar-refractivity contribution >= 4 is 29.2 Å². The molecule has 0 saturated heterocycles. The fourth-order valence-electron chi connectivity index (χ4n) is 0.884. The van der Waals surface area contributed by atoms with Gasteiger partial charge in [0.25, 0.3) is 0 Å². The van der Waals surface area contributed by atoms with Crippen LogP contribution >= 0.6 is 24.8 Å². The Morgan fingerprint density at radius 3 is 2.30 bits per heavy atom. The molecule has 0 heterocycles. The van der Waals surface area contributed by atoms with Crippen LogP contribution in [0, 0.1) is 5.92 Å². The van der Waals surface area contributed by atoms with Crippen molar-refractivity contribution in [3.05, 3.63) is 0 Å². The van der Waals surface area contributed by atoms with E-state index in [1.54, 1.807) is 0 Å². The van der Waals surface area contributed by atoms with E-state index in [1.165, 1.54) is 0 Å². The zero-order valence-electron chi connectivity index (χ0n) is 6.63. The molecule has 1 nitrogen and oxygen atoms in total. The van der Waals surface area contributed by atoms with E-state index in [0.29, 0.717) is 10.3 Å². The summed E-state index contributed by atoms with van der Waals surface area (Å²) < 4.78 is 5.50. The van der Waals surface area contributed by atoms with Gasteiger partial charge in [-0.15, -0.1) is 0 Å². The van der Waals surface area contributed by atoms with Crippen molar-refractivity contribution in [3.8, 4) is 0 Å². The number of ether oxygens (including phenoxy) is 1. The van der Waals surface area contributed by atoms with Gasteiger partial charge >= 0.3 is 0 Å². The van der Waals surface area contributed by atoms with Gasteiger partial charge in [-0.25, -0.2) is 0 Å². The minimum atomic E-state index is 0.199. The minimum Gasteiger partial charge on any atom is -0.476 e. The van der Waals surface area contributed by atoms with E-state index in [0.717, 1.165) is 6.42 Å². The predicted octanol–water partition coefficient (Wildman–Crippen LogP) is 2.65. The van der Waals surface area contributed by atoms with E-state index in [4.69, 9.17) is 4.74 Å². The molecule has 0 saturated carbocycles. The number of hydrogen-bond acceptors (Lipinski definition) is 2. The third-order valence-corrected chi connectivity index (χ3v) is 1.31. The Morgan fingerprint density at radius 1 is 1.50 bits per heavy atom. The molecule has 10 heavy (non-hydrogen) atoms. The minimum absolute atomic E-state index is 0.199. The van der Waals surface area contributed by atoms with Crippen molar-refractivity contribution < 1.29 is 4.74 Å². The average molecular weight is 178 g/mol. The van der Waals surface area contributed by atoms with Crippen molar-refractivity contribution in [2.45, 2.75) is 33.3 Å². The maximum atomic E-state index is 5.16. The Labute approximate surface area is 73.6 Å². The first kappa shape index (κ1) is 10.2. The lowest BCUT2D eigenvalue weighted by atomic mass is 10.1. The van der Waals surface area contributed by atoms with Crippen LogP contribution in [0.25, 0.3) is 0 Å². The van der Waals surface area contributed by atoms with Crippen LogP contribution in [0.5, 0.6) is 0 Å². The fraction of sp³-hybridized carbons (Fsp3) is 0.857. The van der Waals surface area contributed by atoms with E-state index >= 15 is 0 Å². The van der Waals surface area contributed by atoms with Crippen molar-refractivity contribution in [2.24, 2.45) is 5.92 Å². The van der Waals surface area contributed by atoms with Crippen LogP contribution < -0.4 is 0 Å². The first-order chi connectivity index (χ1) is 4.52. The fourth-order valence-corrected chi connectivity index (χ4v) is 1.23. The SMILES string of the molecule is CC(C)CC(C)OC(=S)S. The highest BCUT2D eigenvalue weighted by atomic mass is 32.1. The molecule has 0 radical (unpaired) electrons. The maximum Gasteiger partial charge on any atom is 0.217 e. The standard InChI is InChI=1S/C7H14OS2/c1-5(2)4-6(3)8-7(9)10/h5-6H,4H2,1-3H3,(H,9,10). The average Bonchev–Trinajstić information content (AvgIpc) is 1.58. The largest absolute Gasteiger partial charge is 0.476 e. The van der Waals surface area contributed by atoms with Crippen molar-refractivity contribution in [1.29, 1.82) is 0 Å². The molecule has 0 spiro atoms. The number of thiocarbonyl (C=S) groups is 1. The predicted molar refractivity (Wildman–Crippen MR) is 51.6 cm³/mol. The quantitative estimate of drug-likeness (QED) is 0.525. The number of hydrogen-bond donors (Lipinski definition) is 1. The van der Waals surface area contributed by atoms with Crippen molar-refractivity contribution in [1.82, 2.24) is 0 Å². The van der Waals surface area contributed by atoms with E-state index in [-0.39, 0.29) is 6.10 Å². The molecule has 0 N–H and O–H groups in total. The number of rotatable bonds is 3. The molecule has 0 aromatic heterocycles. The van der Waals surface area contributed by atoms with Gasteiger partial charge in [-0.1, -0.05) is 26.5 Å². The van der Waals surface area contributed by atoms with Crippen molar-refractivity contribution in [3.63, 3.8) is 0 Å². The Hall–Kier alpha value is 0.240. The Bertz CT molecular complexity index is 112. The third kappa shape index (κ3) is 6.36. The highest BCUT2D eigenvalue weighted by Gasteiger charge is 2.05. The van der Waals surface area contributed by atoms with Gasteiger partial charge in [0.2, 0.25) is 4.38 Å². The molecule has 3 heteroatoms. The molecule has 0 bridgehead atoms. The molecule has 0 rings (SSSR count). The summed E-state index contributed by atoms with van der Waals surface area (Å²) in [4.78, 5) is 0. The van der Waals surface area contributed by atoms with E-state index < -0.39 is 0 Å². The van der Waals surface area contributed by atoms with E-state index in [9.17, 15) is 0 Å². The van der Waals surface area contributed by atoms with Gasteiger partial charge in [0.15, 0.2) is 0 Å². The highest BCUT2D eigenvalue weighted by molar-refractivity contribution is 8.10. The van der Waals surface area contributed by atoms with E-state index in [1.807, 2.05) is 6.92 Å². The van der Waals surface area contributed by atoms with Crippen LogP contribution in [0.1, 0.15) is 27.2 Å². The molecule has 0 amide bonds. The second kappa shape index (κ2) is 4.97. The van der Waals surface area contributed by atoms with Crippen LogP contribution in [0.3, 0.4) is 0 Å². The molecule has 0 fully saturated rings. The Kier molecular flexibility index (Phi) is 5.09. The van der Waals surface area contributed by atoms with Gasteiger partial charge in [0.1, 0.15) is 0 Å². The van der Waals surface area contributed by atoms with Crippen LogP contribution in [-0.4, -0.2) is 10.5 Å². The van der Waals surface area contributed by atoms with Crippen LogP contribution in [0.4, 0.5) is 0 Å². The van der Waals surface area contributed by atoms with Crippen LogP contribution in [0.2, 0.25) is 0 Å². The molecule has 0 aromatic rings. The zero-order chi connectivity index (χ0) is 8.15. The molecule has 0 aliphatic carbocycles. The summed E-state index contributed by atoms with van der Waals surface area (Å²) in [5.41, 5.74) is 0. The summed E-state index contributed by atoms with van der Waals surface area (Å²) in [5, 5.41) is 0. The summed E-state index contributed by atoms with van der Waals surface area (Å²) in [5.74, 6) is 0.651. The van der Waals surface area contributed by atoms with Crippen molar-refractivity contribution in [2.75, 3.05) is 0 Å². The zero-order valence-corrected chi connectivity index (χ0v) is 8.34. The molecular formula is C7H14OS2. The molecular weight excluding hydrogens is 164 g/mol. The normalized spacial score (nSPS) is 13.3. The van der Waals surface area contributed by atoms with Gasteiger partial charge in [0.05, 0.1) is 6.10 Å². The summed E-state index contributed by atoms with van der Waals surface area (Å²) in [7, 11) is 0. The lowest BCUT2D eigenvalue weighted by Gasteiger charge is -2.14. The molecule has 0 aliphatic heterocycles. The molecule has 60 valence electrons. The lowest BCUT2D eigenvalue weighted by Crippen LogP contribution is -2.12. The van der Waals surface area contributed by atoms with Gasteiger partial charge in [-0.3, -0.25) is 0 Å². The van der Waals surface area contributed by atoms with E-state index in [2.05, 4.69) is 38.7 Å². The van der Waals surface area contributed by atoms with Crippen LogP contribution in [0.15, 0.2) is 0 Å². The topological polar surface area (TPSA) is 9.23 Å². The number of thiol groups is 1. The second-order valence-electron chi connectivity index (χ2n) is 2.82. The van der Waals surface area contributed by atoms with Gasteiger partial charge in [0, 0.05) is 0 Å². The first-order valence-corrected chi connectivity index (χ1v) is 4.27. The Balaban J connectivity index is 3.43. The molecule has 1 unspecified atom stereocenters. The van der Waals surface area contributed by atoms with Gasteiger partial charge in [-0.2, -0.15) is 0 Å². The maximum absolute atomic E-state index is 5.16. The second-order valence-corrected chi connectivity index (χ2v) is 3.90. The molecule has 0 aromatic carbocycles. The monoisotopic (exact) mass is 178 g/mol. The summed E-state index contributed by atoms with van der Waals surface area (Å²) >= 11 is 8.54. The Morgan fingerprint density at radius 2 is 2.00 bits per heavy atom. The summed E-state index contributed by atoms with van der Waals surface area (Å²) in [6, 6.07) is 0. The molecule has 0 aliphatic rings. The highest BCUT2D eigenvalue weighted by Crippen LogP contribution is 2.08. The first-order valence-electron chi connectivity index (χ1n) is 3.42. The molecule has 1 atom stereocenters. The van der Waals surface area contributed by atoms with Crippen LogP contribution in [-0.2, 0) is 4.74 Å². The van der Waals surface area contributed by atoms with Gasteiger partial charge < -0.3 is 4.74 Å². The third-order valence-electron chi connectivity index (χ3n) is 1.11. The smallest absolute Gasteiger partial charge is 0.217 e. The summed E-state index contributed by atoms with van der Waals surface area (Å²) in [6.07, 6.45) is 1.23.